The molecule has 7 nitrogen and oxygen atoms in total. The van der Waals surface area contributed by atoms with E-state index in [1.54, 1.807) is 51.5 Å². The van der Waals surface area contributed by atoms with Crippen LogP contribution in [-0.2, 0) is 0 Å². The van der Waals surface area contributed by atoms with Crippen LogP contribution in [-0.4, -0.2) is 46.8 Å². The number of rotatable bonds is 9. The van der Waals surface area contributed by atoms with Gasteiger partial charge in [0.2, 0.25) is 11.5 Å². The van der Waals surface area contributed by atoms with Crippen LogP contribution in [0.15, 0.2) is 30.3 Å². The lowest BCUT2D eigenvalue weighted by Gasteiger charge is -2.24. The number of methoxy groups -OCH3 is 5. The highest BCUT2D eigenvalue weighted by atomic mass is 16.6. The molecule has 148 valence electrons. The number of aliphatic hydroxyl groups is 1. The molecule has 0 radical (unpaired) electrons. The van der Waals surface area contributed by atoms with E-state index in [2.05, 4.69) is 0 Å². The number of hydrogen-bond donors (Lipinski definition) is 1. The SMILES string of the molecule is COc1cc([C@H](O)[C@@H](C)Oc2c(OC)cccc2OC)cc(OC)c1OC. The van der Waals surface area contributed by atoms with Gasteiger partial charge >= 0.3 is 0 Å². The van der Waals surface area contributed by atoms with Crippen molar-refractivity contribution in [3.63, 3.8) is 0 Å². The van der Waals surface area contributed by atoms with E-state index in [-0.39, 0.29) is 0 Å². The summed E-state index contributed by atoms with van der Waals surface area (Å²) in [6, 6.07) is 8.69. The van der Waals surface area contributed by atoms with Gasteiger partial charge in [-0.25, -0.2) is 0 Å². The fourth-order valence-electron chi connectivity index (χ4n) is 2.73. The van der Waals surface area contributed by atoms with Crippen molar-refractivity contribution in [2.75, 3.05) is 35.5 Å². The maximum atomic E-state index is 10.8. The molecule has 0 bridgehead atoms. The second-order valence-electron chi connectivity index (χ2n) is 5.72. The van der Waals surface area contributed by atoms with Gasteiger partial charge in [0, 0.05) is 0 Å². The third-order valence-corrected chi connectivity index (χ3v) is 4.16. The zero-order chi connectivity index (χ0) is 20.0. The number of benzene rings is 2. The lowest BCUT2D eigenvalue weighted by atomic mass is 10.0. The topological polar surface area (TPSA) is 75.6 Å². The molecule has 2 aromatic rings. The van der Waals surface area contributed by atoms with E-state index in [0.29, 0.717) is 40.1 Å². The second kappa shape index (κ2) is 9.23. The highest BCUT2D eigenvalue weighted by Gasteiger charge is 2.25. The Morgan fingerprint density at radius 3 is 1.59 bits per heavy atom. The van der Waals surface area contributed by atoms with Crippen LogP contribution in [0.2, 0.25) is 0 Å². The molecular weight excluding hydrogens is 352 g/mol. The second-order valence-corrected chi connectivity index (χ2v) is 5.72. The Labute approximate surface area is 159 Å². The third-order valence-electron chi connectivity index (χ3n) is 4.16. The average Bonchev–Trinajstić information content (AvgIpc) is 2.71. The van der Waals surface area contributed by atoms with Crippen molar-refractivity contribution in [1.82, 2.24) is 0 Å². The monoisotopic (exact) mass is 378 g/mol. The van der Waals surface area contributed by atoms with Crippen LogP contribution in [0.25, 0.3) is 0 Å². The van der Waals surface area contributed by atoms with E-state index in [0.717, 1.165) is 0 Å². The van der Waals surface area contributed by atoms with Crippen molar-refractivity contribution >= 4 is 0 Å². The van der Waals surface area contributed by atoms with E-state index < -0.39 is 12.2 Å². The molecule has 0 aliphatic carbocycles. The fourth-order valence-corrected chi connectivity index (χ4v) is 2.73. The fraction of sp³-hybridized carbons (Fsp3) is 0.400. The lowest BCUT2D eigenvalue weighted by Crippen LogP contribution is -2.22. The van der Waals surface area contributed by atoms with Crippen molar-refractivity contribution in [3.05, 3.63) is 35.9 Å². The molecule has 0 heterocycles. The molecule has 27 heavy (non-hydrogen) atoms. The molecule has 0 saturated carbocycles. The molecule has 0 amide bonds. The van der Waals surface area contributed by atoms with E-state index >= 15 is 0 Å². The summed E-state index contributed by atoms with van der Waals surface area (Å²) < 4.78 is 32.6. The van der Waals surface area contributed by atoms with Crippen LogP contribution in [0.1, 0.15) is 18.6 Å². The van der Waals surface area contributed by atoms with E-state index in [1.165, 1.54) is 21.3 Å². The quantitative estimate of drug-likeness (QED) is 0.718. The summed E-state index contributed by atoms with van der Waals surface area (Å²) in [6.07, 6.45) is -1.58. The molecule has 0 spiro atoms. The first-order chi connectivity index (χ1) is 13.0. The zero-order valence-electron chi connectivity index (χ0n) is 16.4. The van der Waals surface area contributed by atoms with Crippen LogP contribution in [0, 0.1) is 0 Å². The van der Waals surface area contributed by atoms with Gasteiger partial charge in [-0.1, -0.05) is 6.07 Å². The van der Waals surface area contributed by atoms with Gasteiger partial charge in [0.15, 0.2) is 23.0 Å². The number of hydrogen-bond acceptors (Lipinski definition) is 7. The molecule has 0 aliphatic rings. The van der Waals surface area contributed by atoms with Crippen LogP contribution < -0.4 is 28.4 Å². The standard InChI is InChI=1S/C20H26O7/c1-12(27-20-14(22-2)8-7-9-15(20)23-3)18(21)13-10-16(24-4)19(26-6)17(11-13)25-5/h7-12,18,21H,1-6H3/t12-,18-/m1/s1. The summed E-state index contributed by atoms with van der Waals surface area (Å²) in [5.74, 6) is 2.80. The third kappa shape index (κ3) is 4.31. The molecule has 0 aromatic heterocycles. The first-order valence-corrected chi connectivity index (χ1v) is 8.36. The molecule has 1 N–H and O–H groups in total. The first-order valence-electron chi connectivity index (χ1n) is 8.36. The maximum absolute atomic E-state index is 10.8. The van der Waals surface area contributed by atoms with Crippen LogP contribution in [0.3, 0.4) is 0 Å². The van der Waals surface area contributed by atoms with E-state index in [9.17, 15) is 5.11 Å². The van der Waals surface area contributed by atoms with Gasteiger partial charge in [-0.2, -0.15) is 0 Å². The highest BCUT2D eigenvalue weighted by Crippen LogP contribution is 2.42. The smallest absolute Gasteiger partial charge is 0.203 e. The van der Waals surface area contributed by atoms with Crippen molar-refractivity contribution in [1.29, 1.82) is 0 Å². The van der Waals surface area contributed by atoms with Crippen LogP contribution in [0.5, 0.6) is 34.5 Å². The van der Waals surface area contributed by atoms with E-state index in [4.69, 9.17) is 28.4 Å². The van der Waals surface area contributed by atoms with Gasteiger partial charge in [-0.15, -0.1) is 0 Å². The molecular formula is C20H26O7. The first kappa shape index (κ1) is 20.5. The minimum absolute atomic E-state index is 0.418. The summed E-state index contributed by atoms with van der Waals surface area (Å²) in [7, 11) is 7.65. The molecule has 0 aliphatic heterocycles. The molecule has 2 atom stereocenters. The van der Waals surface area contributed by atoms with E-state index in [1.807, 2.05) is 0 Å². The Bertz CT molecular complexity index is 713. The summed E-state index contributed by atoms with van der Waals surface area (Å²) in [5, 5.41) is 10.8. The Morgan fingerprint density at radius 2 is 1.19 bits per heavy atom. The van der Waals surface area contributed by atoms with Gasteiger partial charge < -0.3 is 33.5 Å². The highest BCUT2D eigenvalue weighted by molar-refractivity contribution is 5.55. The Morgan fingerprint density at radius 1 is 0.704 bits per heavy atom. The summed E-state index contributed by atoms with van der Waals surface area (Å²) in [6.45, 7) is 1.75. The van der Waals surface area contributed by atoms with Gasteiger partial charge in [-0.05, 0) is 36.8 Å². The number of aliphatic hydroxyl groups excluding tert-OH is 1. The van der Waals surface area contributed by atoms with Crippen molar-refractivity contribution in [2.24, 2.45) is 0 Å². The normalized spacial score (nSPS) is 12.7. The maximum Gasteiger partial charge on any atom is 0.203 e. The van der Waals surface area contributed by atoms with Crippen LogP contribution >= 0.6 is 0 Å². The molecule has 7 heteroatoms. The average molecular weight is 378 g/mol. The molecule has 2 aromatic carbocycles. The summed E-state index contributed by atoms with van der Waals surface area (Å²) in [5.41, 5.74) is 0.561. The number of para-hydroxylation sites is 1. The summed E-state index contributed by atoms with van der Waals surface area (Å²) >= 11 is 0. The van der Waals surface area contributed by atoms with Crippen LogP contribution in [0.4, 0.5) is 0 Å². The van der Waals surface area contributed by atoms with Gasteiger partial charge in [0.25, 0.3) is 0 Å². The lowest BCUT2D eigenvalue weighted by molar-refractivity contribution is 0.0431. The largest absolute Gasteiger partial charge is 0.493 e. The van der Waals surface area contributed by atoms with Crippen molar-refractivity contribution < 1.29 is 33.5 Å². The Balaban J connectivity index is 2.34. The Kier molecular flexibility index (Phi) is 7.01. The minimum Gasteiger partial charge on any atom is -0.493 e. The molecule has 0 unspecified atom stereocenters. The van der Waals surface area contributed by atoms with Crippen molar-refractivity contribution in [3.8, 4) is 34.5 Å². The predicted octanol–water partition coefficient (Wildman–Crippen LogP) is 3.23. The van der Waals surface area contributed by atoms with Crippen molar-refractivity contribution in [2.45, 2.75) is 19.1 Å². The number of ether oxygens (including phenoxy) is 6. The predicted molar refractivity (Wildman–Crippen MR) is 101 cm³/mol. The molecule has 0 saturated heterocycles. The molecule has 0 fully saturated rings. The van der Waals surface area contributed by atoms with Gasteiger partial charge in [-0.3, -0.25) is 0 Å². The zero-order valence-corrected chi connectivity index (χ0v) is 16.4. The molecule has 2 rings (SSSR count). The van der Waals surface area contributed by atoms with Gasteiger partial charge in [0.05, 0.1) is 35.5 Å². The minimum atomic E-state index is -0.965. The summed E-state index contributed by atoms with van der Waals surface area (Å²) in [4.78, 5) is 0. The van der Waals surface area contributed by atoms with Gasteiger partial charge in [0.1, 0.15) is 12.2 Å². The Hall–Kier alpha value is -2.80.